The summed E-state index contributed by atoms with van der Waals surface area (Å²) in [5, 5.41) is 9.60. The fourth-order valence-corrected chi connectivity index (χ4v) is 1.61. The van der Waals surface area contributed by atoms with E-state index in [4.69, 9.17) is 4.74 Å². The highest BCUT2D eigenvalue weighted by Gasteiger charge is 2.03. The quantitative estimate of drug-likeness (QED) is 0.821. The van der Waals surface area contributed by atoms with Crippen molar-refractivity contribution < 1.29 is 14.6 Å². The van der Waals surface area contributed by atoms with Crippen molar-refractivity contribution in [2.24, 2.45) is 0 Å². The fourth-order valence-electron chi connectivity index (χ4n) is 1.61. The van der Waals surface area contributed by atoms with E-state index in [1.165, 1.54) is 0 Å². The van der Waals surface area contributed by atoms with Crippen LogP contribution in [0.25, 0.3) is 11.1 Å². The topological polar surface area (TPSA) is 46.5 Å². The molecular formula is C14H12O3. The van der Waals surface area contributed by atoms with Gasteiger partial charge in [-0.3, -0.25) is 4.79 Å². The Morgan fingerprint density at radius 2 is 1.71 bits per heavy atom. The summed E-state index contributed by atoms with van der Waals surface area (Å²) in [6.45, 7) is 0. The molecule has 0 radical (unpaired) electrons. The molecule has 0 bridgehead atoms. The molecule has 0 unspecified atom stereocenters. The monoisotopic (exact) mass is 228 g/mol. The van der Waals surface area contributed by atoms with E-state index in [2.05, 4.69) is 0 Å². The minimum absolute atomic E-state index is 0.00619. The van der Waals surface area contributed by atoms with Gasteiger partial charge in [0.2, 0.25) is 0 Å². The number of aldehydes is 1. The van der Waals surface area contributed by atoms with Gasteiger partial charge in [-0.15, -0.1) is 0 Å². The molecule has 0 atom stereocenters. The Morgan fingerprint density at radius 3 is 2.24 bits per heavy atom. The van der Waals surface area contributed by atoms with Crippen LogP contribution in [0, 0.1) is 0 Å². The van der Waals surface area contributed by atoms with Crippen LogP contribution in [0.5, 0.6) is 11.5 Å². The number of benzene rings is 2. The number of carbonyl (C=O) groups is 1. The lowest BCUT2D eigenvalue weighted by Gasteiger charge is -2.05. The zero-order chi connectivity index (χ0) is 12.3. The highest BCUT2D eigenvalue weighted by molar-refractivity contribution is 5.81. The normalized spacial score (nSPS) is 9.94. The first-order chi connectivity index (χ1) is 8.24. The first-order valence-electron chi connectivity index (χ1n) is 5.17. The third-order valence-electron chi connectivity index (χ3n) is 2.58. The molecule has 0 amide bonds. The summed E-state index contributed by atoms with van der Waals surface area (Å²) < 4.78 is 5.07. The molecule has 2 rings (SSSR count). The lowest BCUT2D eigenvalue weighted by atomic mass is 10.0. The van der Waals surface area contributed by atoms with Gasteiger partial charge in [-0.1, -0.05) is 18.2 Å². The highest BCUT2D eigenvalue weighted by Crippen LogP contribution is 2.27. The van der Waals surface area contributed by atoms with Gasteiger partial charge in [0.05, 0.1) is 12.7 Å². The Bertz CT molecular complexity index is 530. The van der Waals surface area contributed by atoms with Gasteiger partial charge in [0, 0.05) is 0 Å². The summed E-state index contributed by atoms with van der Waals surface area (Å²) in [6, 6.07) is 12.5. The minimum Gasteiger partial charge on any atom is -0.507 e. The molecule has 0 fully saturated rings. The molecule has 0 heterocycles. The summed E-state index contributed by atoms with van der Waals surface area (Å²) in [6.07, 6.45) is 0.632. The third kappa shape index (κ3) is 2.28. The number of phenols is 1. The van der Waals surface area contributed by atoms with Crippen molar-refractivity contribution in [3.8, 4) is 22.6 Å². The maximum atomic E-state index is 10.6. The van der Waals surface area contributed by atoms with Gasteiger partial charge in [0.15, 0.2) is 6.29 Å². The van der Waals surface area contributed by atoms with Crippen LogP contribution in [0.4, 0.5) is 0 Å². The van der Waals surface area contributed by atoms with E-state index in [0.29, 0.717) is 11.8 Å². The predicted octanol–water partition coefficient (Wildman–Crippen LogP) is 2.88. The van der Waals surface area contributed by atoms with E-state index in [-0.39, 0.29) is 5.75 Å². The number of hydrogen-bond donors (Lipinski definition) is 1. The van der Waals surface area contributed by atoms with Crippen LogP contribution in [-0.4, -0.2) is 18.5 Å². The molecule has 0 aromatic heterocycles. The first-order valence-corrected chi connectivity index (χ1v) is 5.17. The van der Waals surface area contributed by atoms with Crippen LogP contribution in [-0.2, 0) is 0 Å². The molecule has 0 aliphatic rings. The summed E-state index contributed by atoms with van der Waals surface area (Å²) in [5.74, 6) is 0.774. The zero-order valence-corrected chi connectivity index (χ0v) is 9.38. The average molecular weight is 228 g/mol. The van der Waals surface area contributed by atoms with Crippen molar-refractivity contribution in [2.75, 3.05) is 7.11 Å². The van der Waals surface area contributed by atoms with Gasteiger partial charge in [-0.25, -0.2) is 0 Å². The predicted molar refractivity (Wildman–Crippen MR) is 65.5 cm³/mol. The molecule has 0 saturated heterocycles. The molecular weight excluding hydrogens is 216 g/mol. The molecule has 1 N–H and O–H groups in total. The Balaban J connectivity index is 2.38. The summed E-state index contributed by atoms with van der Waals surface area (Å²) >= 11 is 0. The van der Waals surface area contributed by atoms with Gasteiger partial charge in [0.25, 0.3) is 0 Å². The lowest BCUT2D eigenvalue weighted by Crippen LogP contribution is -1.85. The number of rotatable bonds is 3. The molecule has 0 aliphatic heterocycles. The van der Waals surface area contributed by atoms with Crippen molar-refractivity contribution in [2.45, 2.75) is 0 Å². The number of hydrogen-bond acceptors (Lipinski definition) is 3. The maximum Gasteiger partial charge on any atom is 0.153 e. The van der Waals surface area contributed by atoms with Crippen molar-refractivity contribution in [3.05, 3.63) is 48.0 Å². The smallest absolute Gasteiger partial charge is 0.153 e. The second-order valence-electron chi connectivity index (χ2n) is 3.62. The van der Waals surface area contributed by atoms with Crippen molar-refractivity contribution in [1.29, 1.82) is 0 Å². The third-order valence-corrected chi connectivity index (χ3v) is 2.58. The number of ether oxygens (including phenoxy) is 1. The van der Waals surface area contributed by atoms with Crippen LogP contribution in [0.15, 0.2) is 42.5 Å². The van der Waals surface area contributed by atoms with Crippen LogP contribution in [0.3, 0.4) is 0 Å². The second kappa shape index (κ2) is 4.70. The maximum absolute atomic E-state index is 10.6. The number of carbonyl (C=O) groups excluding carboxylic acids is 1. The van der Waals surface area contributed by atoms with Gasteiger partial charge < -0.3 is 9.84 Å². The first kappa shape index (κ1) is 11.2. The Kier molecular flexibility index (Phi) is 3.10. The molecule has 2 aromatic rings. The van der Waals surface area contributed by atoms with E-state index in [1.54, 1.807) is 25.3 Å². The van der Waals surface area contributed by atoms with E-state index in [9.17, 15) is 9.90 Å². The SMILES string of the molecule is COc1ccc(-c2ccc(C=O)c(O)c2)cc1. The molecule has 3 nitrogen and oxygen atoms in total. The lowest BCUT2D eigenvalue weighted by molar-refractivity contribution is 0.112. The molecule has 86 valence electrons. The molecule has 17 heavy (non-hydrogen) atoms. The van der Waals surface area contributed by atoms with E-state index >= 15 is 0 Å². The summed E-state index contributed by atoms with van der Waals surface area (Å²) in [5.41, 5.74) is 2.11. The van der Waals surface area contributed by atoms with Crippen LogP contribution in [0.2, 0.25) is 0 Å². The van der Waals surface area contributed by atoms with E-state index < -0.39 is 0 Å². The van der Waals surface area contributed by atoms with Crippen molar-refractivity contribution in [3.63, 3.8) is 0 Å². The summed E-state index contributed by atoms with van der Waals surface area (Å²) in [4.78, 5) is 10.6. The van der Waals surface area contributed by atoms with Crippen LogP contribution < -0.4 is 4.74 Å². The number of phenolic OH excluding ortho intramolecular Hbond substituents is 1. The molecule has 2 aromatic carbocycles. The second-order valence-corrected chi connectivity index (χ2v) is 3.62. The summed E-state index contributed by atoms with van der Waals surface area (Å²) in [7, 11) is 1.61. The van der Waals surface area contributed by atoms with Crippen molar-refractivity contribution >= 4 is 6.29 Å². The van der Waals surface area contributed by atoms with E-state index in [0.717, 1.165) is 16.9 Å². The fraction of sp³-hybridized carbons (Fsp3) is 0.0714. The highest BCUT2D eigenvalue weighted by atomic mass is 16.5. The van der Waals surface area contributed by atoms with Gasteiger partial charge in [-0.2, -0.15) is 0 Å². The number of aromatic hydroxyl groups is 1. The zero-order valence-electron chi connectivity index (χ0n) is 9.38. The van der Waals surface area contributed by atoms with E-state index in [1.807, 2.05) is 24.3 Å². The molecule has 0 saturated carbocycles. The Hall–Kier alpha value is -2.29. The number of methoxy groups -OCH3 is 1. The minimum atomic E-state index is -0.00619. The van der Waals surface area contributed by atoms with Crippen LogP contribution in [0.1, 0.15) is 10.4 Å². The van der Waals surface area contributed by atoms with Gasteiger partial charge in [0.1, 0.15) is 11.5 Å². The molecule has 0 spiro atoms. The largest absolute Gasteiger partial charge is 0.507 e. The van der Waals surface area contributed by atoms with Crippen molar-refractivity contribution in [1.82, 2.24) is 0 Å². The van der Waals surface area contributed by atoms with Crippen LogP contribution >= 0.6 is 0 Å². The van der Waals surface area contributed by atoms with Gasteiger partial charge >= 0.3 is 0 Å². The Labute approximate surface area is 99.3 Å². The Morgan fingerprint density at radius 1 is 1.06 bits per heavy atom. The average Bonchev–Trinajstić information content (AvgIpc) is 2.39. The molecule has 3 heteroatoms. The van der Waals surface area contributed by atoms with Gasteiger partial charge in [-0.05, 0) is 35.4 Å². The molecule has 0 aliphatic carbocycles. The standard InChI is InChI=1S/C14H12O3/c1-17-13-6-4-10(5-7-13)11-2-3-12(9-15)14(16)8-11/h2-9,16H,1H3.